The van der Waals surface area contributed by atoms with Gasteiger partial charge in [0.15, 0.2) is 18.1 Å². The van der Waals surface area contributed by atoms with E-state index in [1.165, 1.54) is 0 Å². The van der Waals surface area contributed by atoms with E-state index in [1.54, 1.807) is 7.11 Å². The first kappa shape index (κ1) is 20.3. The highest BCUT2D eigenvalue weighted by Crippen LogP contribution is 2.28. The lowest BCUT2D eigenvalue weighted by Crippen LogP contribution is -2.48. The van der Waals surface area contributed by atoms with Gasteiger partial charge in [-0.1, -0.05) is 12.1 Å². The molecule has 6 heteroatoms. The summed E-state index contributed by atoms with van der Waals surface area (Å²) < 4.78 is 11.0. The number of benzene rings is 1. The smallest absolute Gasteiger partial charge is 0.260 e. The molecule has 1 saturated heterocycles. The number of allylic oxidation sites excluding steroid dienone is 1. The largest absolute Gasteiger partial charge is 0.493 e. The molecular weight excluding hydrogens is 328 g/mol. The van der Waals surface area contributed by atoms with E-state index in [2.05, 4.69) is 11.9 Å². The number of carbonyl (C=O) groups excluding carboxylic acids is 1. The Balaban J connectivity index is 0.00000288. The van der Waals surface area contributed by atoms with Crippen LogP contribution in [0, 0.1) is 0 Å². The summed E-state index contributed by atoms with van der Waals surface area (Å²) in [5, 5.41) is 3.24. The Kier molecular flexibility index (Phi) is 8.65. The Morgan fingerprint density at radius 3 is 2.92 bits per heavy atom. The van der Waals surface area contributed by atoms with Crippen LogP contribution in [0.5, 0.6) is 11.5 Å². The minimum Gasteiger partial charge on any atom is -0.493 e. The molecule has 0 aromatic heterocycles. The van der Waals surface area contributed by atoms with Crippen molar-refractivity contribution in [2.45, 2.75) is 25.3 Å². The van der Waals surface area contributed by atoms with Gasteiger partial charge in [0.25, 0.3) is 5.91 Å². The highest BCUT2D eigenvalue weighted by molar-refractivity contribution is 5.85. The van der Waals surface area contributed by atoms with Gasteiger partial charge in [-0.25, -0.2) is 0 Å². The third-order valence-corrected chi connectivity index (χ3v) is 4.14. The lowest BCUT2D eigenvalue weighted by Gasteiger charge is -2.32. The predicted octanol–water partition coefficient (Wildman–Crippen LogP) is 2.43. The minimum absolute atomic E-state index is 0. The molecule has 1 amide bonds. The Morgan fingerprint density at radius 2 is 2.25 bits per heavy atom. The van der Waals surface area contributed by atoms with E-state index in [0.29, 0.717) is 17.5 Å². The topological polar surface area (TPSA) is 50.8 Å². The quantitative estimate of drug-likeness (QED) is 0.764. The molecule has 134 valence electrons. The van der Waals surface area contributed by atoms with Crippen LogP contribution in [-0.2, 0) is 11.2 Å². The Labute approximate surface area is 150 Å². The number of ether oxygens (including phenoxy) is 2. The van der Waals surface area contributed by atoms with Gasteiger partial charge in [0.05, 0.1) is 7.11 Å². The van der Waals surface area contributed by atoms with E-state index in [0.717, 1.165) is 37.9 Å². The zero-order valence-electron chi connectivity index (χ0n) is 14.4. The lowest BCUT2D eigenvalue weighted by molar-refractivity contribution is -0.134. The second kappa shape index (κ2) is 10.2. The molecule has 1 atom stereocenters. The standard InChI is InChI=1S/C18H26N2O3.ClH/c1-4-6-14-8-9-16(17(11-14)22-3)23-13-18(21)20-10-5-7-15(12-20)19-2;/h4,8-9,11,15,19H,1,5-7,10,12-13H2,2-3H3;1H. The van der Waals surface area contributed by atoms with Gasteiger partial charge in [-0.05, 0) is 44.0 Å². The van der Waals surface area contributed by atoms with Crippen LogP contribution in [0.25, 0.3) is 0 Å². The molecule has 2 rings (SSSR count). The zero-order valence-corrected chi connectivity index (χ0v) is 15.2. The van der Waals surface area contributed by atoms with Gasteiger partial charge in [0.2, 0.25) is 0 Å². The maximum atomic E-state index is 12.3. The van der Waals surface area contributed by atoms with Crippen molar-refractivity contribution in [2.24, 2.45) is 0 Å². The first-order valence-corrected chi connectivity index (χ1v) is 8.03. The molecule has 0 spiro atoms. The molecule has 0 aliphatic carbocycles. The Bertz CT molecular complexity index is 551. The van der Waals surface area contributed by atoms with Gasteiger partial charge in [-0.2, -0.15) is 0 Å². The van der Waals surface area contributed by atoms with Crippen LogP contribution in [0.15, 0.2) is 30.9 Å². The number of likely N-dealkylation sites (N-methyl/N-ethyl adjacent to an activating group) is 1. The number of amides is 1. The van der Waals surface area contributed by atoms with Crippen molar-refractivity contribution >= 4 is 18.3 Å². The molecule has 0 saturated carbocycles. The SMILES string of the molecule is C=CCc1ccc(OCC(=O)N2CCCC(NC)C2)c(OC)c1.Cl. The van der Waals surface area contributed by atoms with Gasteiger partial charge >= 0.3 is 0 Å². The van der Waals surface area contributed by atoms with Gasteiger partial charge in [0.1, 0.15) is 0 Å². The average molecular weight is 355 g/mol. The molecule has 0 radical (unpaired) electrons. The highest BCUT2D eigenvalue weighted by Gasteiger charge is 2.23. The molecule has 1 aliphatic rings. The summed E-state index contributed by atoms with van der Waals surface area (Å²) in [5.41, 5.74) is 1.10. The molecular formula is C18H27ClN2O3. The van der Waals surface area contributed by atoms with Crippen LogP contribution in [-0.4, -0.2) is 50.7 Å². The normalized spacial score (nSPS) is 16.9. The molecule has 1 heterocycles. The first-order chi connectivity index (χ1) is 11.2. The van der Waals surface area contributed by atoms with Crippen LogP contribution in [0.4, 0.5) is 0 Å². The second-order valence-corrected chi connectivity index (χ2v) is 5.73. The zero-order chi connectivity index (χ0) is 16.7. The van der Waals surface area contributed by atoms with Gasteiger partial charge in [-0.3, -0.25) is 4.79 Å². The van der Waals surface area contributed by atoms with E-state index in [4.69, 9.17) is 9.47 Å². The van der Waals surface area contributed by atoms with Crippen molar-refractivity contribution in [1.82, 2.24) is 10.2 Å². The van der Waals surface area contributed by atoms with Gasteiger partial charge in [-0.15, -0.1) is 19.0 Å². The molecule has 24 heavy (non-hydrogen) atoms. The van der Waals surface area contributed by atoms with Crippen LogP contribution < -0.4 is 14.8 Å². The molecule has 5 nitrogen and oxygen atoms in total. The maximum absolute atomic E-state index is 12.3. The molecule has 1 unspecified atom stereocenters. The summed E-state index contributed by atoms with van der Waals surface area (Å²) >= 11 is 0. The van der Waals surface area contributed by atoms with Gasteiger partial charge in [0, 0.05) is 19.1 Å². The number of piperidine rings is 1. The number of methoxy groups -OCH3 is 1. The molecule has 1 fully saturated rings. The van der Waals surface area contributed by atoms with Crippen LogP contribution in [0.2, 0.25) is 0 Å². The van der Waals surface area contributed by atoms with Crippen molar-refractivity contribution in [3.63, 3.8) is 0 Å². The molecule has 1 aromatic rings. The third-order valence-electron chi connectivity index (χ3n) is 4.14. The monoisotopic (exact) mass is 354 g/mol. The maximum Gasteiger partial charge on any atom is 0.260 e. The molecule has 1 aliphatic heterocycles. The Morgan fingerprint density at radius 1 is 1.46 bits per heavy atom. The number of hydrogen-bond donors (Lipinski definition) is 1. The number of carbonyl (C=O) groups is 1. The number of nitrogens with one attached hydrogen (secondary N) is 1. The summed E-state index contributed by atoms with van der Waals surface area (Å²) in [6.45, 7) is 5.31. The molecule has 1 aromatic carbocycles. The van der Waals surface area contributed by atoms with Crippen molar-refractivity contribution < 1.29 is 14.3 Å². The van der Waals surface area contributed by atoms with Crippen LogP contribution >= 0.6 is 12.4 Å². The number of hydrogen-bond acceptors (Lipinski definition) is 4. The number of likely N-dealkylation sites (tertiary alicyclic amines) is 1. The summed E-state index contributed by atoms with van der Waals surface area (Å²) in [5.74, 6) is 1.25. The van der Waals surface area contributed by atoms with Crippen molar-refractivity contribution in [2.75, 3.05) is 33.9 Å². The summed E-state index contributed by atoms with van der Waals surface area (Å²) in [7, 11) is 3.54. The van der Waals surface area contributed by atoms with E-state index in [9.17, 15) is 4.79 Å². The second-order valence-electron chi connectivity index (χ2n) is 5.73. The average Bonchev–Trinajstić information content (AvgIpc) is 2.60. The highest BCUT2D eigenvalue weighted by atomic mass is 35.5. The van der Waals surface area contributed by atoms with Gasteiger partial charge < -0.3 is 19.7 Å². The van der Waals surface area contributed by atoms with Crippen molar-refractivity contribution in [1.29, 1.82) is 0 Å². The van der Waals surface area contributed by atoms with Crippen LogP contribution in [0.3, 0.4) is 0 Å². The predicted molar refractivity (Wildman–Crippen MR) is 98.3 cm³/mol. The minimum atomic E-state index is 0. The van der Waals surface area contributed by atoms with E-state index in [1.807, 2.05) is 36.2 Å². The third kappa shape index (κ3) is 5.42. The lowest BCUT2D eigenvalue weighted by atomic mass is 10.1. The number of rotatable bonds is 7. The Hall–Kier alpha value is -1.72. The van der Waals surface area contributed by atoms with E-state index < -0.39 is 0 Å². The summed E-state index contributed by atoms with van der Waals surface area (Å²) in [6.07, 6.45) is 4.75. The van der Waals surface area contributed by atoms with Crippen LogP contribution in [0.1, 0.15) is 18.4 Å². The molecule has 0 bridgehead atoms. The fourth-order valence-electron chi connectivity index (χ4n) is 2.79. The summed E-state index contributed by atoms with van der Waals surface area (Å²) in [4.78, 5) is 14.2. The van der Waals surface area contributed by atoms with Crippen molar-refractivity contribution in [3.8, 4) is 11.5 Å². The van der Waals surface area contributed by atoms with E-state index in [-0.39, 0.29) is 24.9 Å². The number of halogens is 1. The first-order valence-electron chi connectivity index (χ1n) is 8.03. The van der Waals surface area contributed by atoms with E-state index >= 15 is 0 Å². The van der Waals surface area contributed by atoms with Crippen molar-refractivity contribution in [3.05, 3.63) is 36.4 Å². The number of nitrogens with zero attached hydrogens (tertiary/aromatic N) is 1. The fourth-order valence-corrected chi connectivity index (χ4v) is 2.79. The molecule has 1 N–H and O–H groups in total. The summed E-state index contributed by atoms with van der Waals surface area (Å²) in [6, 6.07) is 6.10. The fraction of sp³-hybridized carbons (Fsp3) is 0.500.